The third-order valence-electron chi connectivity index (χ3n) is 1.95. The average Bonchev–Trinajstić information content (AvgIpc) is 2.05. The summed E-state index contributed by atoms with van der Waals surface area (Å²) in [5, 5.41) is 8.67. The van der Waals surface area contributed by atoms with Gasteiger partial charge < -0.3 is 9.84 Å². The predicted molar refractivity (Wildman–Crippen MR) is 50.2 cm³/mol. The summed E-state index contributed by atoms with van der Waals surface area (Å²) in [4.78, 5) is 4.23. The van der Waals surface area contributed by atoms with Crippen LogP contribution in [0.25, 0.3) is 0 Å². The fourth-order valence-electron chi connectivity index (χ4n) is 1.06. The maximum absolute atomic E-state index is 8.67. The molecule has 0 radical (unpaired) electrons. The van der Waals surface area contributed by atoms with Crippen molar-refractivity contribution < 1.29 is 9.84 Å². The Bertz CT molecular complexity index is 267. The molecule has 1 aromatic rings. The summed E-state index contributed by atoms with van der Waals surface area (Å²) in [5.74, 6) is 0. The number of hydrogen-bond acceptors (Lipinski definition) is 3. The van der Waals surface area contributed by atoms with Crippen LogP contribution in [-0.4, -0.2) is 16.9 Å². The van der Waals surface area contributed by atoms with Gasteiger partial charge in [0.15, 0.2) is 0 Å². The molecule has 0 bridgehead atoms. The first-order chi connectivity index (χ1) is 6.06. The van der Waals surface area contributed by atoms with E-state index in [2.05, 4.69) is 4.98 Å². The number of nitrogens with zero attached hydrogens (tertiary/aromatic N) is 1. The Morgan fingerprint density at radius 1 is 1.46 bits per heavy atom. The molecule has 0 unspecified atom stereocenters. The van der Waals surface area contributed by atoms with E-state index in [1.807, 2.05) is 32.9 Å². The fourth-order valence-corrected chi connectivity index (χ4v) is 1.06. The van der Waals surface area contributed by atoms with E-state index in [1.165, 1.54) is 0 Å². The number of pyridine rings is 1. The van der Waals surface area contributed by atoms with Gasteiger partial charge in [-0.3, -0.25) is 4.98 Å². The van der Waals surface area contributed by atoms with Crippen LogP contribution in [0.3, 0.4) is 0 Å². The van der Waals surface area contributed by atoms with Crippen molar-refractivity contribution >= 4 is 0 Å². The molecule has 1 rings (SSSR count). The monoisotopic (exact) mass is 181 g/mol. The Balaban J connectivity index is 2.87. The van der Waals surface area contributed by atoms with Crippen LogP contribution in [0.5, 0.6) is 0 Å². The number of aliphatic hydroxyl groups excluding tert-OH is 1. The van der Waals surface area contributed by atoms with Crippen LogP contribution in [0.1, 0.15) is 25.1 Å². The highest BCUT2D eigenvalue weighted by atomic mass is 16.6. The summed E-state index contributed by atoms with van der Waals surface area (Å²) in [6.07, 6.45) is 1.79. The second-order valence-corrected chi connectivity index (χ2v) is 3.50. The van der Waals surface area contributed by atoms with E-state index >= 15 is 0 Å². The molecule has 0 aliphatic rings. The second-order valence-electron chi connectivity index (χ2n) is 3.50. The molecule has 0 saturated heterocycles. The first kappa shape index (κ1) is 10.2. The van der Waals surface area contributed by atoms with Crippen LogP contribution in [0, 0.1) is 6.92 Å². The third kappa shape index (κ3) is 2.50. The molecular weight excluding hydrogens is 166 g/mol. The molecule has 1 aromatic heterocycles. The van der Waals surface area contributed by atoms with E-state index < -0.39 is 5.60 Å². The lowest BCUT2D eigenvalue weighted by Crippen LogP contribution is -2.23. The van der Waals surface area contributed by atoms with Crippen LogP contribution in [0.15, 0.2) is 18.3 Å². The van der Waals surface area contributed by atoms with Gasteiger partial charge in [-0.15, -0.1) is 0 Å². The van der Waals surface area contributed by atoms with Crippen molar-refractivity contribution in [2.24, 2.45) is 0 Å². The zero-order valence-corrected chi connectivity index (χ0v) is 8.24. The molecule has 0 spiro atoms. The van der Waals surface area contributed by atoms with Gasteiger partial charge in [-0.2, -0.15) is 0 Å². The average molecular weight is 181 g/mol. The highest BCUT2D eigenvalue weighted by molar-refractivity contribution is 5.16. The van der Waals surface area contributed by atoms with Crippen molar-refractivity contribution in [3.63, 3.8) is 0 Å². The quantitative estimate of drug-likeness (QED) is 0.720. The molecule has 0 amide bonds. The number of aryl methyl sites for hydroxylation is 1. The third-order valence-corrected chi connectivity index (χ3v) is 1.95. The van der Waals surface area contributed by atoms with Gasteiger partial charge in [0, 0.05) is 6.20 Å². The Labute approximate surface area is 78.4 Å². The van der Waals surface area contributed by atoms with Crippen LogP contribution >= 0.6 is 0 Å². The smallest absolute Gasteiger partial charge is 0.144 e. The molecule has 0 atom stereocenters. The SMILES string of the molecule is Cc1ccc(C(C)(C)OCO)nc1. The highest BCUT2D eigenvalue weighted by Crippen LogP contribution is 2.21. The lowest BCUT2D eigenvalue weighted by atomic mass is 10.0. The molecule has 3 heteroatoms. The van der Waals surface area contributed by atoms with Crippen molar-refractivity contribution in [1.82, 2.24) is 4.98 Å². The molecule has 3 nitrogen and oxygen atoms in total. The first-order valence-corrected chi connectivity index (χ1v) is 4.24. The highest BCUT2D eigenvalue weighted by Gasteiger charge is 2.21. The van der Waals surface area contributed by atoms with Crippen molar-refractivity contribution in [3.05, 3.63) is 29.6 Å². The normalized spacial score (nSPS) is 11.7. The summed E-state index contributed by atoms with van der Waals surface area (Å²) in [7, 11) is 0. The second kappa shape index (κ2) is 3.85. The standard InChI is InChI=1S/C10H15NO2/c1-8-4-5-9(11-6-8)10(2,3)13-7-12/h4-6,12H,7H2,1-3H3. The molecule has 0 aromatic carbocycles. The van der Waals surface area contributed by atoms with Crippen molar-refractivity contribution in [1.29, 1.82) is 0 Å². The summed E-state index contributed by atoms with van der Waals surface area (Å²) >= 11 is 0. The summed E-state index contributed by atoms with van der Waals surface area (Å²) < 4.78 is 5.15. The zero-order chi connectivity index (χ0) is 9.90. The largest absolute Gasteiger partial charge is 0.371 e. The van der Waals surface area contributed by atoms with E-state index in [4.69, 9.17) is 9.84 Å². The van der Waals surface area contributed by atoms with Gasteiger partial charge in [-0.05, 0) is 32.4 Å². The molecule has 0 saturated carbocycles. The Hall–Kier alpha value is -0.930. The maximum Gasteiger partial charge on any atom is 0.144 e. The van der Waals surface area contributed by atoms with E-state index in [0.29, 0.717) is 0 Å². The van der Waals surface area contributed by atoms with Crippen molar-refractivity contribution in [3.8, 4) is 0 Å². The van der Waals surface area contributed by atoms with E-state index in [9.17, 15) is 0 Å². The first-order valence-electron chi connectivity index (χ1n) is 4.24. The molecule has 1 heterocycles. The summed E-state index contributed by atoms with van der Waals surface area (Å²) in [6.45, 7) is 5.45. The minimum atomic E-state index is -0.525. The number of ether oxygens (including phenoxy) is 1. The Morgan fingerprint density at radius 2 is 2.15 bits per heavy atom. The lowest BCUT2D eigenvalue weighted by Gasteiger charge is -2.23. The number of hydrogen-bond donors (Lipinski definition) is 1. The number of rotatable bonds is 3. The minimum Gasteiger partial charge on any atom is -0.371 e. The molecule has 13 heavy (non-hydrogen) atoms. The lowest BCUT2D eigenvalue weighted by molar-refractivity contribution is -0.104. The molecule has 0 aliphatic carbocycles. The predicted octanol–water partition coefficient (Wildman–Crippen LogP) is 1.59. The molecule has 1 N–H and O–H groups in total. The van der Waals surface area contributed by atoms with Crippen LogP contribution in [-0.2, 0) is 10.3 Å². The molecule has 0 fully saturated rings. The van der Waals surface area contributed by atoms with Gasteiger partial charge in [-0.1, -0.05) is 6.07 Å². The van der Waals surface area contributed by atoms with Crippen LogP contribution in [0.4, 0.5) is 0 Å². The topological polar surface area (TPSA) is 42.4 Å². The van der Waals surface area contributed by atoms with Gasteiger partial charge >= 0.3 is 0 Å². The zero-order valence-electron chi connectivity index (χ0n) is 8.24. The Morgan fingerprint density at radius 3 is 2.62 bits per heavy atom. The van der Waals surface area contributed by atoms with Gasteiger partial charge in [-0.25, -0.2) is 0 Å². The maximum atomic E-state index is 8.67. The van der Waals surface area contributed by atoms with E-state index in [-0.39, 0.29) is 6.79 Å². The Kier molecular flexibility index (Phi) is 3.01. The van der Waals surface area contributed by atoms with Crippen LogP contribution < -0.4 is 0 Å². The molecule has 72 valence electrons. The van der Waals surface area contributed by atoms with Crippen molar-refractivity contribution in [2.45, 2.75) is 26.4 Å². The van der Waals surface area contributed by atoms with Gasteiger partial charge in [0.1, 0.15) is 12.4 Å². The fraction of sp³-hybridized carbons (Fsp3) is 0.500. The number of aliphatic hydroxyl groups is 1. The summed E-state index contributed by atoms with van der Waals surface area (Å²) in [5.41, 5.74) is 1.42. The molecular formula is C10H15NO2. The van der Waals surface area contributed by atoms with Gasteiger partial charge in [0.25, 0.3) is 0 Å². The van der Waals surface area contributed by atoms with E-state index in [1.54, 1.807) is 6.20 Å². The summed E-state index contributed by atoms with van der Waals surface area (Å²) in [6, 6.07) is 3.88. The van der Waals surface area contributed by atoms with E-state index in [0.717, 1.165) is 11.3 Å². The van der Waals surface area contributed by atoms with Gasteiger partial charge in [0.2, 0.25) is 0 Å². The van der Waals surface area contributed by atoms with Crippen LogP contribution in [0.2, 0.25) is 0 Å². The molecule has 0 aliphatic heterocycles. The number of aromatic nitrogens is 1. The minimum absolute atomic E-state index is 0.289. The van der Waals surface area contributed by atoms with Gasteiger partial charge in [0.05, 0.1) is 5.69 Å². The van der Waals surface area contributed by atoms with Crippen molar-refractivity contribution in [2.75, 3.05) is 6.79 Å².